The van der Waals surface area contributed by atoms with Crippen molar-refractivity contribution < 1.29 is 25.6 Å². The molecule has 2 rings (SSSR count). The summed E-state index contributed by atoms with van der Waals surface area (Å²) < 4.78 is 75.3. The molecule has 0 unspecified atom stereocenters. The van der Waals surface area contributed by atoms with E-state index in [4.69, 9.17) is 5.14 Å². The molecule has 0 amide bonds. The zero-order valence-electron chi connectivity index (χ0n) is 10.6. The second kappa shape index (κ2) is 5.69. The van der Waals surface area contributed by atoms with Gasteiger partial charge in [0.05, 0.1) is 9.37 Å². The molecule has 0 bridgehead atoms. The summed E-state index contributed by atoms with van der Waals surface area (Å²) in [7, 11) is -9.11. The molecule has 0 aliphatic rings. The number of sulfonamides is 1. The largest absolute Gasteiger partial charge is 0.239 e. The molecule has 10 heteroatoms. The lowest BCUT2D eigenvalue weighted by Crippen LogP contribution is -2.18. The Bertz CT molecular complexity index is 959. The minimum Gasteiger partial charge on any atom is -0.225 e. The Morgan fingerprint density at radius 2 is 1.59 bits per heavy atom. The van der Waals surface area contributed by atoms with E-state index in [0.717, 1.165) is 30.3 Å². The van der Waals surface area contributed by atoms with Gasteiger partial charge in [0.15, 0.2) is 0 Å². The number of primary sulfonamides is 1. The number of rotatable bonds is 3. The molecule has 2 aromatic rings. The van der Waals surface area contributed by atoms with Crippen LogP contribution < -0.4 is 5.14 Å². The van der Waals surface area contributed by atoms with Gasteiger partial charge in [-0.1, -0.05) is 6.07 Å². The van der Waals surface area contributed by atoms with Crippen LogP contribution in [0.15, 0.2) is 55.6 Å². The number of benzene rings is 2. The number of hydrogen-bond donors (Lipinski definition) is 1. The highest BCUT2D eigenvalue weighted by Crippen LogP contribution is 2.30. The molecule has 0 saturated carbocycles. The predicted molar refractivity (Wildman–Crippen MR) is 77.3 cm³/mol. The zero-order valence-corrected chi connectivity index (χ0v) is 13.8. The van der Waals surface area contributed by atoms with Crippen LogP contribution >= 0.6 is 15.9 Å². The van der Waals surface area contributed by atoms with Crippen LogP contribution in [0, 0.1) is 11.6 Å². The molecule has 0 aromatic heterocycles. The minimum atomic E-state index is -4.62. The molecule has 0 heterocycles. The number of halogens is 3. The highest BCUT2D eigenvalue weighted by atomic mass is 79.9. The Morgan fingerprint density at radius 1 is 0.955 bits per heavy atom. The lowest BCUT2D eigenvalue weighted by molar-refractivity contribution is 0.549. The molecular formula is C12H8BrF2NO4S2. The van der Waals surface area contributed by atoms with Crippen LogP contribution in [-0.2, 0) is 19.9 Å². The van der Waals surface area contributed by atoms with E-state index in [9.17, 15) is 25.6 Å². The van der Waals surface area contributed by atoms with Crippen molar-refractivity contribution in [2.24, 2.45) is 5.14 Å². The van der Waals surface area contributed by atoms with Crippen LogP contribution in [0.5, 0.6) is 0 Å². The molecule has 0 aliphatic carbocycles. The Kier molecular flexibility index (Phi) is 4.39. The van der Waals surface area contributed by atoms with E-state index in [2.05, 4.69) is 15.9 Å². The van der Waals surface area contributed by atoms with Gasteiger partial charge in [-0.05, 0) is 46.3 Å². The summed E-state index contributed by atoms with van der Waals surface area (Å²) in [6.07, 6.45) is 0. The molecular weight excluding hydrogens is 404 g/mol. The molecule has 0 saturated heterocycles. The van der Waals surface area contributed by atoms with Crippen LogP contribution in [0.2, 0.25) is 0 Å². The monoisotopic (exact) mass is 411 g/mol. The van der Waals surface area contributed by atoms with Crippen molar-refractivity contribution in [2.75, 3.05) is 0 Å². The molecule has 5 nitrogen and oxygen atoms in total. The predicted octanol–water partition coefficient (Wildman–Crippen LogP) is 2.21. The van der Waals surface area contributed by atoms with E-state index in [1.165, 1.54) is 0 Å². The third kappa shape index (κ3) is 3.05. The van der Waals surface area contributed by atoms with Gasteiger partial charge < -0.3 is 0 Å². The molecule has 22 heavy (non-hydrogen) atoms. The lowest BCUT2D eigenvalue weighted by Gasteiger charge is -2.10. The Morgan fingerprint density at radius 3 is 2.14 bits per heavy atom. The van der Waals surface area contributed by atoms with E-state index in [1.54, 1.807) is 0 Å². The summed E-state index contributed by atoms with van der Waals surface area (Å²) in [6.45, 7) is 0. The SMILES string of the molecule is NS(=O)(=O)c1cccc(F)c1S(=O)(=O)c1ccc(Br)c(F)c1. The molecule has 2 N–H and O–H groups in total. The maximum atomic E-state index is 13.9. The Balaban J connectivity index is 2.83. The molecule has 0 fully saturated rings. The van der Waals surface area contributed by atoms with E-state index in [-0.39, 0.29) is 4.47 Å². The van der Waals surface area contributed by atoms with Gasteiger partial charge in [-0.25, -0.2) is 30.8 Å². The van der Waals surface area contributed by atoms with E-state index in [0.29, 0.717) is 6.07 Å². The summed E-state index contributed by atoms with van der Waals surface area (Å²) in [5.41, 5.74) is 0. The van der Waals surface area contributed by atoms with Crippen molar-refractivity contribution in [2.45, 2.75) is 14.7 Å². The van der Waals surface area contributed by atoms with Crippen molar-refractivity contribution in [1.82, 2.24) is 0 Å². The van der Waals surface area contributed by atoms with Gasteiger partial charge in [0, 0.05) is 0 Å². The summed E-state index contributed by atoms with van der Waals surface area (Å²) in [6, 6.07) is 5.42. The Labute approximate surface area is 133 Å². The van der Waals surface area contributed by atoms with Crippen LogP contribution in [0.1, 0.15) is 0 Å². The van der Waals surface area contributed by atoms with Gasteiger partial charge in [0.25, 0.3) is 0 Å². The number of sulfone groups is 1. The first-order valence-electron chi connectivity index (χ1n) is 5.56. The van der Waals surface area contributed by atoms with E-state index in [1.807, 2.05) is 0 Å². The van der Waals surface area contributed by atoms with Gasteiger partial charge in [0.1, 0.15) is 21.4 Å². The summed E-state index contributed by atoms with van der Waals surface area (Å²) in [5.74, 6) is -2.19. The summed E-state index contributed by atoms with van der Waals surface area (Å²) >= 11 is 2.85. The topological polar surface area (TPSA) is 94.3 Å². The molecule has 0 aliphatic heterocycles. The number of hydrogen-bond acceptors (Lipinski definition) is 4. The molecule has 0 radical (unpaired) electrons. The standard InChI is InChI=1S/C12H8BrF2NO4S2/c13-8-5-4-7(6-10(8)15)21(17,18)12-9(14)2-1-3-11(12)22(16,19)20/h1-6H,(H2,16,19,20). The molecule has 118 valence electrons. The average molecular weight is 412 g/mol. The van der Waals surface area contributed by atoms with E-state index < -0.39 is 46.2 Å². The van der Waals surface area contributed by atoms with Gasteiger partial charge in [-0.3, -0.25) is 0 Å². The second-order valence-electron chi connectivity index (χ2n) is 4.19. The third-order valence-electron chi connectivity index (χ3n) is 2.71. The van der Waals surface area contributed by atoms with Crippen LogP contribution in [0.3, 0.4) is 0 Å². The zero-order chi connectivity index (χ0) is 16.7. The van der Waals surface area contributed by atoms with Gasteiger partial charge in [-0.15, -0.1) is 0 Å². The van der Waals surface area contributed by atoms with Gasteiger partial charge >= 0.3 is 0 Å². The normalized spacial score (nSPS) is 12.4. The second-order valence-corrected chi connectivity index (χ2v) is 8.46. The highest BCUT2D eigenvalue weighted by molar-refractivity contribution is 9.10. The fourth-order valence-corrected chi connectivity index (χ4v) is 4.68. The van der Waals surface area contributed by atoms with E-state index >= 15 is 0 Å². The average Bonchev–Trinajstić information content (AvgIpc) is 2.40. The van der Waals surface area contributed by atoms with Crippen molar-refractivity contribution in [3.8, 4) is 0 Å². The maximum absolute atomic E-state index is 13.9. The minimum absolute atomic E-state index is 0.00616. The maximum Gasteiger partial charge on any atom is 0.239 e. The van der Waals surface area contributed by atoms with Crippen LogP contribution in [-0.4, -0.2) is 16.8 Å². The van der Waals surface area contributed by atoms with Crippen molar-refractivity contribution in [1.29, 1.82) is 0 Å². The van der Waals surface area contributed by atoms with Crippen LogP contribution in [0.4, 0.5) is 8.78 Å². The first kappa shape index (κ1) is 17.0. The highest BCUT2D eigenvalue weighted by Gasteiger charge is 2.30. The Hall–Kier alpha value is -1.36. The summed E-state index contributed by atoms with van der Waals surface area (Å²) in [5, 5.41) is 4.91. The third-order valence-corrected chi connectivity index (χ3v) is 6.26. The van der Waals surface area contributed by atoms with Crippen molar-refractivity contribution in [3.05, 3.63) is 52.5 Å². The van der Waals surface area contributed by atoms with Crippen molar-refractivity contribution in [3.63, 3.8) is 0 Å². The number of nitrogens with two attached hydrogens (primary N) is 1. The fraction of sp³-hybridized carbons (Fsp3) is 0. The molecule has 0 atom stereocenters. The van der Waals surface area contributed by atoms with Crippen LogP contribution in [0.25, 0.3) is 0 Å². The molecule has 2 aromatic carbocycles. The summed E-state index contributed by atoms with van der Waals surface area (Å²) in [4.78, 5) is -2.60. The van der Waals surface area contributed by atoms with Crippen molar-refractivity contribution >= 4 is 35.8 Å². The first-order chi connectivity index (χ1) is 10.0. The van der Waals surface area contributed by atoms with Gasteiger partial charge in [0.2, 0.25) is 19.9 Å². The molecule has 0 spiro atoms. The lowest BCUT2D eigenvalue weighted by atomic mass is 10.3. The quantitative estimate of drug-likeness (QED) is 0.837. The first-order valence-corrected chi connectivity index (χ1v) is 9.39. The fourth-order valence-electron chi connectivity index (χ4n) is 1.74. The van der Waals surface area contributed by atoms with Gasteiger partial charge in [-0.2, -0.15) is 0 Å². The smallest absolute Gasteiger partial charge is 0.225 e.